The number of amides is 1. The van der Waals surface area contributed by atoms with Crippen molar-refractivity contribution in [2.45, 2.75) is 19.9 Å². The van der Waals surface area contributed by atoms with E-state index >= 15 is 0 Å². The monoisotopic (exact) mass is 442 g/mol. The number of ketones is 1. The summed E-state index contributed by atoms with van der Waals surface area (Å²) in [5, 5.41) is 21.4. The molecule has 2 aromatic carbocycles. The van der Waals surface area contributed by atoms with Gasteiger partial charge in [0.15, 0.2) is 0 Å². The number of ether oxygens (including phenoxy) is 1. The van der Waals surface area contributed by atoms with Crippen LogP contribution in [0.4, 0.5) is 4.39 Å². The molecule has 0 aromatic heterocycles. The van der Waals surface area contributed by atoms with Crippen molar-refractivity contribution in [3.63, 3.8) is 0 Å². The van der Waals surface area contributed by atoms with Crippen molar-refractivity contribution in [2.75, 3.05) is 33.3 Å². The number of nitrogens with zero attached hydrogens (tertiary/aromatic N) is 2. The Balaban J connectivity index is 2.12. The minimum absolute atomic E-state index is 0.000320. The van der Waals surface area contributed by atoms with E-state index in [0.29, 0.717) is 17.9 Å². The topological polar surface area (TPSA) is 90.3 Å². The van der Waals surface area contributed by atoms with Crippen LogP contribution in [0.25, 0.3) is 5.76 Å². The highest BCUT2D eigenvalue weighted by Crippen LogP contribution is 2.41. The lowest BCUT2D eigenvalue weighted by molar-refractivity contribution is -0.140. The quantitative estimate of drug-likeness (QED) is 0.370. The molecule has 1 aliphatic rings. The van der Waals surface area contributed by atoms with Gasteiger partial charge in [-0.1, -0.05) is 26.0 Å². The first kappa shape index (κ1) is 23.3. The highest BCUT2D eigenvalue weighted by molar-refractivity contribution is 6.46. The van der Waals surface area contributed by atoms with Crippen molar-refractivity contribution < 1.29 is 28.9 Å². The summed E-state index contributed by atoms with van der Waals surface area (Å²) in [6.07, 6.45) is 0. The van der Waals surface area contributed by atoms with Crippen molar-refractivity contribution in [1.82, 2.24) is 9.80 Å². The second-order valence-electron chi connectivity index (χ2n) is 7.45. The Morgan fingerprint density at radius 3 is 2.34 bits per heavy atom. The van der Waals surface area contributed by atoms with Crippen molar-refractivity contribution in [1.29, 1.82) is 0 Å². The number of rotatable bonds is 8. The van der Waals surface area contributed by atoms with Crippen LogP contribution in [0.2, 0.25) is 0 Å². The number of phenols is 1. The molecular formula is C24H27FN2O5. The number of hydrogen-bond acceptors (Lipinski definition) is 6. The Kier molecular flexibility index (Phi) is 7.15. The lowest BCUT2D eigenvalue weighted by atomic mass is 9.95. The molecule has 1 heterocycles. The number of phenolic OH excluding ortho intramolecular Hbond substituents is 1. The average molecular weight is 442 g/mol. The molecule has 2 aromatic rings. The number of likely N-dealkylation sites (tertiary alicyclic amines) is 1. The molecule has 0 spiro atoms. The van der Waals surface area contributed by atoms with E-state index in [1.807, 2.05) is 13.8 Å². The van der Waals surface area contributed by atoms with Crippen LogP contribution >= 0.6 is 0 Å². The SMILES string of the molecule is CCN(CC)CCN1C(=O)C(=O)C(=C(O)c2ccc(OC)cc2O)C1c1ccc(F)cc1. The highest BCUT2D eigenvalue weighted by atomic mass is 19.1. The summed E-state index contributed by atoms with van der Waals surface area (Å²) in [4.78, 5) is 29.4. The molecule has 170 valence electrons. The molecule has 0 bridgehead atoms. The summed E-state index contributed by atoms with van der Waals surface area (Å²) < 4.78 is 18.6. The third-order valence-electron chi connectivity index (χ3n) is 5.74. The Morgan fingerprint density at radius 1 is 1.12 bits per heavy atom. The number of aliphatic hydroxyl groups excluding tert-OH is 1. The molecule has 2 N–H and O–H groups in total. The van der Waals surface area contributed by atoms with Crippen LogP contribution in [0.1, 0.15) is 31.0 Å². The zero-order valence-corrected chi connectivity index (χ0v) is 18.3. The standard InChI is InChI=1S/C24H27FN2O5/c1-4-26(5-2)12-13-27-21(15-6-8-16(25)9-7-15)20(23(30)24(27)31)22(29)18-11-10-17(32-3)14-19(18)28/h6-11,14,21,28-29H,4-5,12-13H2,1-3H3. The van der Waals surface area contributed by atoms with Gasteiger partial charge in [0.25, 0.3) is 11.7 Å². The summed E-state index contributed by atoms with van der Waals surface area (Å²) >= 11 is 0. The number of Topliss-reactive ketones (excluding diaryl/α,β-unsaturated/α-hetero) is 1. The number of aliphatic hydroxyl groups is 1. The molecule has 1 unspecified atom stereocenters. The third kappa shape index (κ3) is 4.45. The second kappa shape index (κ2) is 9.82. The third-order valence-corrected chi connectivity index (χ3v) is 5.74. The van der Waals surface area contributed by atoms with Gasteiger partial charge < -0.3 is 24.7 Å². The number of aromatic hydroxyl groups is 1. The predicted molar refractivity (Wildman–Crippen MR) is 118 cm³/mol. The van der Waals surface area contributed by atoms with Crippen molar-refractivity contribution >= 4 is 17.4 Å². The first-order valence-corrected chi connectivity index (χ1v) is 10.5. The van der Waals surface area contributed by atoms with Crippen LogP contribution in [0.5, 0.6) is 11.5 Å². The minimum Gasteiger partial charge on any atom is -0.507 e. The molecule has 0 radical (unpaired) electrons. The zero-order chi connectivity index (χ0) is 23.4. The van der Waals surface area contributed by atoms with Gasteiger partial charge in [-0.05, 0) is 42.9 Å². The molecule has 7 nitrogen and oxygen atoms in total. The number of likely N-dealkylation sites (N-methyl/N-ethyl adjacent to an activating group) is 1. The zero-order valence-electron chi connectivity index (χ0n) is 18.3. The van der Waals surface area contributed by atoms with Gasteiger partial charge in [-0.2, -0.15) is 0 Å². The molecule has 1 atom stereocenters. The predicted octanol–water partition coefficient (Wildman–Crippen LogP) is 3.30. The van der Waals surface area contributed by atoms with Gasteiger partial charge >= 0.3 is 0 Å². The van der Waals surface area contributed by atoms with Crippen LogP contribution in [-0.2, 0) is 9.59 Å². The average Bonchev–Trinajstić information content (AvgIpc) is 3.04. The molecule has 8 heteroatoms. The van der Waals surface area contributed by atoms with E-state index in [1.165, 1.54) is 54.5 Å². The maximum atomic E-state index is 13.6. The van der Waals surface area contributed by atoms with Crippen LogP contribution < -0.4 is 4.74 Å². The van der Waals surface area contributed by atoms with Gasteiger partial charge in [0.05, 0.1) is 24.3 Å². The van der Waals surface area contributed by atoms with E-state index < -0.39 is 29.3 Å². The van der Waals surface area contributed by atoms with Crippen LogP contribution in [0, 0.1) is 5.82 Å². The largest absolute Gasteiger partial charge is 0.507 e. The molecule has 1 saturated heterocycles. The second-order valence-corrected chi connectivity index (χ2v) is 7.45. The summed E-state index contributed by atoms with van der Waals surface area (Å²) in [5.41, 5.74) is 0.334. The van der Waals surface area contributed by atoms with Crippen LogP contribution in [0.3, 0.4) is 0 Å². The molecule has 1 aliphatic heterocycles. The molecule has 0 aliphatic carbocycles. The summed E-state index contributed by atoms with van der Waals surface area (Å²) in [6.45, 7) is 6.34. The number of hydrogen-bond donors (Lipinski definition) is 2. The van der Waals surface area contributed by atoms with Crippen molar-refractivity contribution in [3.8, 4) is 11.5 Å². The van der Waals surface area contributed by atoms with Crippen molar-refractivity contribution in [3.05, 3.63) is 65.0 Å². The van der Waals surface area contributed by atoms with Gasteiger partial charge in [0, 0.05) is 19.2 Å². The highest BCUT2D eigenvalue weighted by Gasteiger charge is 2.46. The number of carbonyl (C=O) groups is 2. The minimum atomic E-state index is -0.910. The van der Waals surface area contributed by atoms with Crippen LogP contribution in [0.15, 0.2) is 48.0 Å². The van der Waals surface area contributed by atoms with E-state index in [9.17, 15) is 24.2 Å². The van der Waals surface area contributed by atoms with E-state index in [1.54, 1.807) is 0 Å². The Morgan fingerprint density at radius 2 is 1.78 bits per heavy atom. The Bertz CT molecular complexity index is 1030. The Labute approximate surface area is 186 Å². The maximum absolute atomic E-state index is 13.6. The van der Waals surface area contributed by atoms with E-state index in [-0.39, 0.29) is 23.4 Å². The number of methoxy groups -OCH3 is 1. The fourth-order valence-corrected chi connectivity index (χ4v) is 3.88. The number of halogens is 1. The van der Waals surface area contributed by atoms with E-state index in [2.05, 4.69) is 4.90 Å². The smallest absolute Gasteiger partial charge is 0.295 e. The first-order chi connectivity index (χ1) is 15.3. The van der Waals surface area contributed by atoms with Gasteiger partial charge in [-0.15, -0.1) is 0 Å². The molecule has 3 rings (SSSR count). The fourth-order valence-electron chi connectivity index (χ4n) is 3.88. The molecule has 1 fully saturated rings. The Hall–Kier alpha value is -3.39. The summed E-state index contributed by atoms with van der Waals surface area (Å²) in [5.74, 6) is -2.49. The maximum Gasteiger partial charge on any atom is 0.295 e. The first-order valence-electron chi connectivity index (χ1n) is 10.5. The lowest BCUT2D eigenvalue weighted by Gasteiger charge is -2.28. The van der Waals surface area contributed by atoms with Crippen LogP contribution in [-0.4, -0.2) is 65.0 Å². The fraction of sp³-hybridized carbons (Fsp3) is 0.333. The van der Waals surface area contributed by atoms with Gasteiger partial charge in [0.2, 0.25) is 0 Å². The van der Waals surface area contributed by atoms with Gasteiger partial charge in [0.1, 0.15) is 23.1 Å². The molecule has 1 amide bonds. The molecule has 32 heavy (non-hydrogen) atoms. The van der Waals surface area contributed by atoms with Crippen molar-refractivity contribution in [2.24, 2.45) is 0 Å². The normalized spacial score (nSPS) is 17.9. The number of carbonyl (C=O) groups excluding carboxylic acids is 2. The number of benzene rings is 2. The van der Waals surface area contributed by atoms with Gasteiger partial charge in [-0.3, -0.25) is 9.59 Å². The van der Waals surface area contributed by atoms with E-state index in [0.717, 1.165) is 13.1 Å². The van der Waals surface area contributed by atoms with Gasteiger partial charge in [-0.25, -0.2) is 4.39 Å². The van der Waals surface area contributed by atoms with E-state index in [4.69, 9.17) is 4.74 Å². The summed E-state index contributed by atoms with van der Waals surface area (Å²) in [6, 6.07) is 8.78. The summed E-state index contributed by atoms with van der Waals surface area (Å²) in [7, 11) is 1.43. The lowest BCUT2D eigenvalue weighted by Crippen LogP contribution is -2.38. The molecule has 0 saturated carbocycles. The molecular weight excluding hydrogens is 415 g/mol.